The summed E-state index contributed by atoms with van der Waals surface area (Å²) in [5.74, 6) is 0.727. The zero-order valence-corrected chi connectivity index (χ0v) is 7.20. The molecule has 1 rings (SSSR count). The van der Waals surface area contributed by atoms with Crippen LogP contribution >= 0.6 is 0 Å². The Morgan fingerprint density at radius 3 is 2.67 bits per heavy atom. The summed E-state index contributed by atoms with van der Waals surface area (Å²) in [5.41, 5.74) is 0. The van der Waals surface area contributed by atoms with Gasteiger partial charge in [0.05, 0.1) is 5.76 Å². The maximum Gasteiger partial charge on any atom is 0.707 e. The van der Waals surface area contributed by atoms with Crippen LogP contribution in [0.15, 0.2) is 11.8 Å². The topological polar surface area (TPSA) is 49.7 Å². The second-order valence-corrected chi connectivity index (χ2v) is 3.07. The van der Waals surface area contributed by atoms with Gasteiger partial charge in [-0.05, 0) is 25.3 Å². The summed E-state index contributed by atoms with van der Waals surface area (Å²) >= 11 is 0. The Labute approximate surface area is 73.2 Å². The van der Waals surface area contributed by atoms with Crippen LogP contribution < -0.4 is 0 Å². The Hall–Kier alpha value is -0.475. The van der Waals surface area contributed by atoms with Gasteiger partial charge in [-0.25, -0.2) is 0 Å². The van der Waals surface area contributed by atoms with Gasteiger partial charge in [0.1, 0.15) is 0 Å². The average Bonchev–Trinajstić information content (AvgIpc) is 1.93. The summed E-state index contributed by atoms with van der Waals surface area (Å²) in [4.78, 5) is 0. The summed E-state index contributed by atoms with van der Waals surface area (Å²) in [7, 11) is -1.66. The Morgan fingerprint density at radius 2 is 1.92 bits per heavy atom. The zero-order valence-electron chi connectivity index (χ0n) is 7.20. The lowest BCUT2D eigenvalue weighted by atomic mass is 10.0. The molecule has 0 aromatic carbocycles. The summed E-state index contributed by atoms with van der Waals surface area (Å²) in [6.07, 6.45) is 8.51. The lowest BCUT2D eigenvalue weighted by molar-refractivity contribution is 0.228. The lowest BCUT2D eigenvalue weighted by Gasteiger charge is -2.12. The van der Waals surface area contributed by atoms with E-state index in [-0.39, 0.29) is 0 Å². The molecule has 0 amide bonds. The first-order valence-corrected chi connectivity index (χ1v) is 4.51. The minimum absolute atomic E-state index is 0.727. The molecule has 1 aliphatic rings. The van der Waals surface area contributed by atoms with Crippen molar-refractivity contribution in [3.63, 3.8) is 0 Å². The first kappa shape index (κ1) is 9.61. The number of rotatable bonds is 2. The standard InChI is InChI=1S/C8H15BO3/c10-9(11)12-8-6-4-2-1-3-5-7-8/h6,10-11H,1-5,7H2. The third-order valence-corrected chi connectivity index (χ3v) is 2.01. The molecule has 0 radical (unpaired) electrons. The van der Waals surface area contributed by atoms with Crippen molar-refractivity contribution in [1.82, 2.24) is 0 Å². The highest BCUT2D eigenvalue weighted by atomic mass is 16.6. The van der Waals surface area contributed by atoms with Crippen LogP contribution in [0.25, 0.3) is 0 Å². The predicted octanol–water partition coefficient (Wildman–Crippen LogP) is 1.21. The van der Waals surface area contributed by atoms with Crippen LogP contribution in [0.3, 0.4) is 0 Å². The van der Waals surface area contributed by atoms with Gasteiger partial charge >= 0.3 is 7.32 Å². The van der Waals surface area contributed by atoms with Crippen LogP contribution in [-0.4, -0.2) is 17.4 Å². The molecule has 0 heterocycles. The van der Waals surface area contributed by atoms with E-state index < -0.39 is 7.32 Å². The number of hydrogen-bond donors (Lipinski definition) is 2. The van der Waals surface area contributed by atoms with Crippen molar-refractivity contribution in [1.29, 1.82) is 0 Å². The highest BCUT2D eigenvalue weighted by Crippen LogP contribution is 2.17. The Morgan fingerprint density at radius 1 is 1.17 bits per heavy atom. The molecular formula is C8H15BO3. The second kappa shape index (κ2) is 5.22. The highest BCUT2D eigenvalue weighted by molar-refractivity contribution is 6.33. The zero-order chi connectivity index (χ0) is 8.81. The first-order valence-electron chi connectivity index (χ1n) is 4.51. The smallest absolute Gasteiger partial charge is 0.516 e. The van der Waals surface area contributed by atoms with E-state index in [2.05, 4.69) is 0 Å². The number of hydrogen-bond acceptors (Lipinski definition) is 3. The minimum atomic E-state index is -1.66. The van der Waals surface area contributed by atoms with Gasteiger partial charge in [-0.3, -0.25) is 0 Å². The highest BCUT2D eigenvalue weighted by Gasteiger charge is 2.13. The van der Waals surface area contributed by atoms with Crippen LogP contribution in [0.2, 0.25) is 0 Å². The maximum absolute atomic E-state index is 8.56. The molecule has 4 heteroatoms. The monoisotopic (exact) mass is 170 g/mol. The number of allylic oxidation sites excluding steroid dienone is 2. The van der Waals surface area contributed by atoms with Crippen molar-refractivity contribution in [2.75, 3.05) is 0 Å². The van der Waals surface area contributed by atoms with Crippen molar-refractivity contribution in [2.24, 2.45) is 0 Å². The molecule has 0 saturated heterocycles. The largest absolute Gasteiger partial charge is 0.707 e. The fourth-order valence-electron chi connectivity index (χ4n) is 1.40. The average molecular weight is 170 g/mol. The van der Waals surface area contributed by atoms with E-state index in [9.17, 15) is 0 Å². The molecule has 0 saturated carbocycles. The minimum Gasteiger partial charge on any atom is -0.516 e. The van der Waals surface area contributed by atoms with E-state index in [1.54, 1.807) is 0 Å². The summed E-state index contributed by atoms with van der Waals surface area (Å²) in [6, 6.07) is 0. The van der Waals surface area contributed by atoms with E-state index >= 15 is 0 Å². The van der Waals surface area contributed by atoms with Gasteiger partial charge in [0.15, 0.2) is 0 Å². The second-order valence-electron chi connectivity index (χ2n) is 3.07. The molecule has 1 aliphatic carbocycles. The summed E-state index contributed by atoms with van der Waals surface area (Å²) in [6.45, 7) is 0. The molecule has 0 aromatic heterocycles. The van der Waals surface area contributed by atoms with Crippen molar-refractivity contribution in [3.05, 3.63) is 11.8 Å². The van der Waals surface area contributed by atoms with Gasteiger partial charge in [0, 0.05) is 6.42 Å². The molecule has 0 fully saturated rings. The quantitative estimate of drug-likeness (QED) is 0.612. The van der Waals surface area contributed by atoms with E-state index in [0.29, 0.717) is 0 Å². The van der Waals surface area contributed by atoms with E-state index in [1.807, 2.05) is 6.08 Å². The van der Waals surface area contributed by atoms with Crippen molar-refractivity contribution >= 4 is 7.32 Å². The van der Waals surface area contributed by atoms with E-state index in [1.165, 1.54) is 19.3 Å². The molecule has 68 valence electrons. The molecule has 0 unspecified atom stereocenters. The van der Waals surface area contributed by atoms with Crippen LogP contribution in [0.1, 0.15) is 38.5 Å². The third-order valence-electron chi connectivity index (χ3n) is 2.01. The van der Waals surface area contributed by atoms with Crippen molar-refractivity contribution in [3.8, 4) is 0 Å². The van der Waals surface area contributed by atoms with Gasteiger partial charge in [0.2, 0.25) is 0 Å². The summed E-state index contributed by atoms with van der Waals surface area (Å²) < 4.78 is 4.80. The third kappa shape index (κ3) is 3.78. The van der Waals surface area contributed by atoms with Gasteiger partial charge in [-0.15, -0.1) is 0 Å². The van der Waals surface area contributed by atoms with E-state index in [0.717, 1.165) is 25.0 Å². The maximum atomic E-state index is 8.56. The van der Waals surface area contributed by atoms with Gasteiger partial charge in [0.25, 0.3) is 0 Å². The summed E-state index contributed by atoms with van der Waals surface area (Å²) in [5, 5.41) is 17.1. The van der Waals surface area contributed by atoms with Crippen molar-refractivity contribution in [2.45, 2.75) is 38.5 Å². The van der Waals surface area contributed by atoms with Crippen LogP contribution in [-0.2, 0) is 4.65 Å². The van der Waals surface area contributed by atoms with Gasteiger partial charge in [-0.2, -0.15) is 0 Å². The molecule has 2 N–H and O–H groups in total. The Bertz CT molecular complexity index is 156. The fraction of sp³-hybridized carbons (Fsp3) is 0.750. The molecule has 12 heavy (non-hydrogen) atoms. The van der Waals surface area contributed by atoms with Gasteiger partial charge < -0.3 is 14.7 Å². The SMILES string of the molecule is OB(O)OC1=CCCCCCC1. The first-order chi connectivity index (χ1) is 5.79. The molecule has 3 nitrogen and oxygen atoms in total. The molecule has 0 aliphatic heterocycles. The molecule has 0 spiro atoms. The fourth-order valence-corrected chi connectivity index (χ4v) is 1.40. The Kier molecular flexibility index (Phi) is 4.18. The molecule has 0 atom stereocenters. The van der Waals surface area contributed by atoms with E-state index in [4.69, 9.17) is 14.7 Å². The van der Waals surface area contributed by atoms with Crippen LogP contribution in [0.4, 0.5) is 0 Å². The van der Waals surface area contributed by atoms with Gasteiger partial charge in [-0.1, -0.05) is 12.8 Å². The normalized spacial score (nSPS) is 19.0. The lowest BCUT2D eigenvalue weighted by Crippen LogP contribution is -2.16. The predicted molar refractivity (Wildman–Crippen MR) is 47.1 cm³/mol. The Balaban J connectivity index is 2.36. The molecular weight excluding hydrogens is 155 g/mol. The van der Waals surface area contributed by atoms with Crippen LogP contribution in [0, 0.1) is 0 Å². The molecule has 0 bridgehead atoms. The van der Waals surface area contributed by atoms with Crippen LogP contribution in [0.5, 0.6) is 0 Å². The molecule has 0 aromatic rings. The van der Waals surface area contributed by atoms with Crippen molar-refractivity contribution < 1.29 is 14.7 Å².